The quantitative estimate of drug-likeness (QED) is 0.584. The molecule has 0 bridgehead atoms. The minimum Gasteiger partial charge on any atom is -0.469 e. The summed E-state index contributed by atoms with van der Waals surface area (Å²) < 4.78 is 4.64. The summed E-state index contributed by atoms with van der Waals surface area (Å²) in [5.41, 5.74) is 1.54. The van der Waals surface area contributed by atoms with Gasteiger partial charge in [-0.15, -0.1) is 0 Å². The summed E-state index contributed by atoms with van der Waals surface area (Å²) in [6.07, 6.45) is 4.08. The number of aryl methyl sites for hydroxylation is 1. The van der Waals surface area contributed by atoms with Gasteiger partial charge in [0.15, 0.2) is 0 Å². The molecule has 3 amide bonds. The summed E-state index contributed by atoms with van der Waals surface area (Å²) in [6, 6.07) is 6.97. The predicted molar refractivity (Wildman–Crippen MR) is 101 cm³/mol. The molecule has 146 valence electrons. The molecule has 1 aromatic rings. The fraction of sp³-hybridized carbons (Fsp3) is 0.550. The highest BCUT2D eigenvalue weighted by Crippen LogP contribution is 2.24. The van der Waals surface area contributed by atoms with E-state index in [1.165, 1.54) is 12.0 Å². The summed E-state index contributed by atoms with van der Waals surface area (Å²) in [7, 11) is 1.37. The number of carbonyl (C=O) groups excluding carboxylic acids is 3. The first-order valence-electron chi connectivity index (χ1n) is 9.57. The maximum atomic E-state index is 12.7. The third kappa shape index (κ3) is 4.86. The molecule has 2 aliphatic rings. The van der Waals surface area contributed by atoms with Crippen LogP contribution in [0.25, 0.3) is 0 Å². The van der Waals surface area contributed by atoms with E-state index in [1.807, 2.05) is 12.1 Å². The Morgan fingerprint density at radius 2 is 1.89 bits per heavy atom. The number of urea groups is 1. The molecule has 3 rings (SSSR count). The van der Waals surface area contributed by atoms with Gasteiger partial charge in [-0.25, -0.2) is 9.69 Å². The van der Waals surface area contributed by atoms with Crippen molar-refractivity contribution in [3.8, 4) is 0 Å². The monoisotopic (exact) mass is 373 g/mol. The van der Waals surface area contributed by atoms with Gasteiger partial charge in [0, 0.05) is 13.0 Å². The smallest absolute Gasteiger partial charge is 0.331 e. The summed E-state index contributed by atoms with van der Waals surface area (Å²) in [5, 5.41) is 3.34. The Bertz CT molecular complexity index is 683. The van der Waals surface area contributed by atoms with Crippen LogP contribution in [-0.2, 0) is 20.7 Å². The molecule has 7 heteroatoms. The highest BCUT2D eigenvalue weighted by molar-refractivity contribution is 6.19. The van der Waals surface area contributed by atoms with Crippen LogP contribution in [0.3, 0.4) is 0 Å². The molecule has 0 radical (unpaired) electrons. The third-order valence-corrected chi connectivity index (χ3v) is 5.34. The van der Waals surface area contributed by atoms with Crippen LogP contribution in [0.15, 0.2) is 24.3 Å². The van der Waals surface area contributed by atoms with Gasteiger partial charge < -0.3 is 15.0 Å². The van der Waals surface area contributed by atoms with Gasteiger partial charge in [-0.1, -0.05) is 12.1 Å². The number of imide groups is 1. The van der Waals surface area contributed by atoms with Crippen LogP contribution in [0.5, 0.6) is 0 Å². The lowest BCUT2D eigenvalue weighted by Crippen LogP contribution is -2.35. The number of hydrogen-bond acceptors (Lipinski definition) is 5. The highest BCUT2D eigenvalue weighted by atomic mass is 16.5. The summed E-state index contributed by atoms with van der Waals surface area (Å²) >= 11 is 0. The minimum absolute atomic E-state index is 0.147. The van der Waals surface area contributed by atoms with E-state index in [1.54, 1.807) is 17.0 Å². The van der Waals surface area contributed by atoms with Gasteiger partial charge in [-0.2, -0.15) is 0 Å². The van der Waals surface area contributed by atoms with Crippen molar-refractivity contribution < 1.29 is 19.1 Å². The number of carbonyl (C=O) groups is 3. The van der Waals surface area contributed by atoms with E-state index >= 15 is 0 Å². The first-order valence-corrected chi connectivity index (χ1v) is 9.57. The average molecular weight is 373 g/mol. The molecular formula is C20H27N3O4. The Morgan fingerprint density at radius 1 is 1.19 bits per heavy atom. The fourth-order valence-electron chi connectivity index (χ4n) is 3.65. The number of benzene rings is 1. The number of hydrogen-bond donors (Lipinski definition) is 1. The van der Waals surface area contributed by atoms with Crippen LogP contribution in [0.1, 0.15) is 31.2 Å². The second-order valence-electron chi connectivity index (χ2n) is 7.16. The van der Waals surface area contributed by atoms with Crippen molar-refractivity contribution in [2.24, 2.45) is 5.92 Å². The lowest BCUT2D eigenvalue weighted by Gasteiger charge is -2.24. The molecule has 2 aliphatic heterocycles. The predicted octanol–water partition coefficient (Wildman–Crippen LogP) is 1.95. The van der Waals surface area contributed by atoms with Gasteiger partial charge in [-0.05, 0) is 62.4 Å². The second kappa shape index (κ2) is 8.99. The zero-order valence-electron chi connectivity index (χ0n) is 15.8. The van der Waals surface area contributed by atoms with Crippen LogP contribution in [0, 0.1) is 5.92 Å². The Labute approximate surface area is 159 Å². The van der Waals surface area contributed by atoms with Crippen molar-refractivity contribution in [2.75, 3.05) is 38.2 Å². The lowest BCUT2D eigenvalue weighted by atomic mass is 9.94. The maximum Gasteiger partial charge on any atom is 0.331 e. The van der Waals surface area contributed by atoms with E-state index in [0.717, 1.165) is 37.9 Å². The molecule has 2 fully saturated rings. The SMILES string of the molecule is COC(=O)CCc1ccc(N2C(=O)CN(CCC3CCNCC3)C2=O)cc1. The summed E-state index contributed by atoms with van der Waals surface area (Å²) in [6.45, 7) is 2.84. The summed E-state index contributed by atoms with van der Waals surface area (Å²) in [4.78, 5) is 39.2. The molecule has 0 saturated carbocycles. The number of ether oxygens (including phenoxy) is 1. The molecule has 0 spiro atoms. The second-order valence-corrected chi connectivity index (χ2v) is 7.16. The van der Waals surface area contributed by atoms with Crippen molar-refractivity contribution >= 4 is 23.6 Å². The zero-order chi connectivity index (χ0) is 19.2. The van der Waals surface area contributed by atoms with Crippen molar-refractivity contribution in [3.63, 3.8) is 0 Å². The fourth-order valence-corrected chi connectivity index (χ4v) is 3.65. The number of nitrogens with one attached hydrogen (secondary N) is 1. The molecular weight excluding hydrogens is 346 g/mol. The van der Waals surface area contributed by atoms with E-state index in [-0.39, 0.29) is 24.5 Å². The van der Waals surface area contributed by atoms with E-state index in [0.29, 0.717) is 31.0 Å². The van der Waals surface area contributed by atoms with E-state index in [2.05, 4.69) is 10.1 Å². The third-order valence-electron chi connectivity index (χ3n) is 5.34. The number of esters is 1. The average Bonchev–Trinajstić information content (AvgIpc) is 2.99. The Balaban J connectivity index is 1.56. The van der Waals surface area contributed by atoms with Gasteiger partial charge in [-0.3, -0.25) is 9.59 Å². The number of rotatable bonds is 7. The summed E-state index contributed by atoms with van der Waals surface area (Å²) in [5.74, 6) is 0.179. The van der Waals surface area contributed by atoms with Crippen molar-refractivity contribution in [3.05, 3.63) is 29.8 Å². The van der Waals surface area contributed by atoms with E-state index < -0.39 is 0 Å². The van der Waals surface area contributed by atoms with Gasteiger partial charge in [0.25, 0.3) is 5.91 Å². The zero-order valence-corrected chi connectivity index (χ0v) is 15.8. The van der Waals surface area contributed by atoms with Crippen molar-refractivity contribution in [1.29, 1.82) is 0 Å². The van der Waals surface area contributed by atoms with Gasteiger partial charge >= 0.3 is 12.0 Å². The number of anilines is 1. The Morgan fingerprint density at radius 3 is 2.56 bits per heavy atom. The molecule has 0 atom stereocenters. The minimum atomic E-state index is -0.256. The lowest BCUT2D eigenvalue weighted by molar-refractivity contribution is -0.140. The van der Waals surface area contributed by atoms with Crippen LogP contribution >= 0.6 is 0 Å². The van der Waals surface area contributed by atoms with Crippen LogP contribution in [0.4, 0.5) is 10.5 Å². The van der Waals surface area contributed by atoms with Crippen LogP contribution < -0.4 is 10.2 Å². The van der Waals surface area contributed by atoms with Crippen molar-refractivity contribution in [2.45, 2.75) is 32.1 Å². The Hall–Kier alpha value is -2.41. The number of nitrogens with zero attached hydrogens (tertiary/aromatic N) is 2. The number of piperidine rings is 1. The van der Waals surface area contributed by atoms with Crippen LogP contribution in [-0.4, -0.2) is 56.1 Å². The van der Waals surface area contributed by atoms with E-state index in [9.17, 15) is 14.4 Å². The topological polar surface area (TPSA) is 79.0 Å². The van der Waals surface area contributed by atoms with Crippen LogP contribution in [0.2, 0.25) is 0 Å². The molecule has 0 unspecified atom stereocenters. The first-order chi connectivity index (χ1) is 13.1. The first kappa shape index (κ1) is 19.4. The molecule has 0 aliphatic carbocycles. The maximum absolute atomic E-state index is 12.7. The molecule has 7 nitrogen and oxygen atoms in total. The van der Waals surface area contributed by atoms with Crippen molar-refractivity contribution in [1.82, 2.24) is 10.2 Å². The highest BCUT2D eigenvalue weighted by Gasteiger charge is 2.37. The molecule has 0 aromatic heterocycles. The molecule has 2 saturated heterocycles. The standard InChI is InChI=1S/C20H27N3O4/c1-27-19(25)7-4-15-2-5-17(6-3-15)23-18(24)14-22(20(23)26)13-10-16-8-11-21-12-9-16/h2-3,5-6,16,21H,4,7-14H2,1H3. The van der Waals surface area contributed by atoms with Gasteiger partial charge in [0.05, 0.1) is 12.8 Å². The Kier molecular flexibility index (Phi) is 6.45. The number of amides is 3. The normalized spacial score (nSPS) is 18.3. The molecule has 2 heterocycles. The van der Waals surface area contributed by atoms with E-state index in [4.69, 9.17) is 0 Å². The number of methoxy groups -OCH3 is 1. The van der Waals surface area contributed by atoms with Gasteiger partial charge in [0.2, 0.25) is 0 Å². The molecule has 1 aromatic carbocycles. The van der Waals surface area contributed by atoms with Gasteiger partial charge in [0.1, 0.15) is 6.54 Å². The molecule has 27 heavy (non-hydrogen) atoms. The molecule has 1 N–H and O–H groups in total. The largest absolute Gasteiger partial charge is 0.469 e.